The highest BCUT2D eigenvalue weighted by Gasteiger charge is 2.15. The maximum atomic E-state index is 7.25. The van der Waals surface area contributed by atoms with Crippen LogP contribution >= 0.6 is 0 Å². The molecule has 0 amide bonds. The summed E-state index contributed by atoms with van der Waals surface area (Å²) in [6.07, 6.45) is 0. The summed E-state index contributed by atoms with van der Waals surface area (Å²) in [4.78, 5) is 0. The molecular formula is C10H16N2Si. The van der Waals surface area contributed by atoms with Crippen LogP contribution in [0.15, 0.2) is 24.3 Å². The first-order valence-electron chi connectivity index (χ1n) is 4.36. The van der Waals surface area contributed by atoms with E-state index in [0.717, 1.165) is 5.56 Å². The van der Waals surface area contributed by atoms with Crippen molar-refractivity contribution in [3.63, 3.8) is 0 Å². The van der Waals surface area contributed by atoms with E-state index in [2.05, 4.69) is 31.8 Å². The van der Waals surface area contributed by atoms with E-state index < -0.39 is 8.07 Å². The van der Waals surface area contributed by atoms with Gasteiger partial charge in [-0.3, -0.25) is 5.41 Å². The summed E-state index contributed by atoms with van der Waals surface area (Å²) >= 11 is 0. The van der Waals surface area contributed by atoms with Crippen molar-refractivity contribution in [2.75, 3.05) is 0 Å². The van der Waals surface area contributed by atoms with Crippen molar-refractivity contribution >= 4 is 19.1 Å². The van der Waals surface area contributed by atoms with E-state index in [1.54, 1.807) is 0 Å². The zero-order chi connectivity index (χ0) is 10.1. The normalized spacial score (nSPS) is 11.3. The van der Waals surface area contributed by atoms with Gasteiger partial charge in [0.2, 0.25) is 0 Å². The van der Waals surface area contributed by atoms with Gasteiger partial charge in [0.05, 0.1) is 8.07 Å². The van der Waals surface area contributed by atoms with Gasteiger partial charge in [-0.1, -0.05) is 49.1 Å². The van der Waals surface area contributed by atoms with Gasteiger partial charge in [0.25, 0.3) is 0 Å². The van der Waals surface area contributed by atoms with E-state index in [4.69, 9.17) is 11.1 Å². The molecule has 0 heterocycles. The molecule has 0 atom stereocenters. The summed E-state index contributed by atoms with van der Waals surface area (Å²) in [5, 5.41) is 8.65. The van der Waals surface area contributed by atoms with Crippen molar-refractivity contribution in [3.8, 4) is 0 Å². The lowest BCUT2D eigenvalue weighted by Gasteiger charge is -2.16. The Labute approximate surface area is 80.3 Å². The van der Waals surface area contributed by atoms with Crippen molar-refractivity contribution in [2.24, 2.45) is 5.73 Å². The Bertz CT molecular complexity index is 309. The van der Waals surface area contributed by atoms with Crippen LogP contribution in [0.3, 0.4) is 0 Å². The largest absolute Gasteiger partial charge is 0.384 e. The molecule has 0 saturated heterocycles. The van der Waals surface area contributed by atoms with Crippen LogP contribution in [0.25, 0.3) is 0 Å². The van der Waals surface area contributed by atoms with Gasteiger partial charge in [0, 0.05) is 5.56 Å². The second kappa shape index (κ2) is 3.34. The first-order valence-corrected chi connectivity index (χ1v) is 7.86. The van der Waals surface area contributed by atoms with Gasteiger partial charge in [0.15, 0.2) is 0 Å². The van der Waals surface area contributed by atoms with Crippen LogP contribution in [0.4, 0.5) is 0 Å². The Balaban J connectivity index is 3.01. The van der Waals surface area contributed by atoms with Gasteiger partial charge >= 0.3 is 0 Å². The SMILES string of the molecule is C[Si](C)(C)c1ccc(C(=N)N)cc1. The smallest absolute Gasteiger partial charge is 0.122 e. The molecule has 0 aliphatic rings. The van der Waals surface area contributed by atoms with Crippen LogP contribution in [0.1, 0.15) is 5.56 Å². The van der Waals surface area contributed by atoms with E-state index >= 15 is 0 Å². The van der Waals surface area contributed by atoms with Crippen LogP contribution in [0, 0.1) is 5.41 Å². The van der Waals surface area contributed by atoms with E-state index in [0.29, 0.717) is 0 Å². The third kappa shape index (κ3) is 2.42. The minimum Gasteiger partial charge on any atom is -0.384 e. The summed E-state index contributed by atoms with van der Waals surface area (Å²) in [5.74, 6) is 0.141. The quantitative estimate of drug-likeness (QED) is 0.416. The number of hydrogen-bond acceptors (Lipinski definition) is 1. The number of nitrogens with two attached hydrogens (primary N) is 1. The lowest BCUT2D eigenvalue weighted by atomic mass is 10.2. The third-order valence-electron chi connectivity index (χ3n) is 2.06. The Morgan fingerprint density at radius 3 is 1.92 bits per heavy atom. The van der Waals surface area contributed by atoms with Crippen molar-refractivity contribution in [2.45, 2.75) is 19.6 Å². The van der Waals surface area contributed by atoms with Crippen molar-refractivity contribution in [1.82, 2.24) is 0 Å². The number of hydrogen-bond donors (Lipinski definition) is 2. The van der Waals surface area contributed by atoms with E-state index in [-0.39, 0.29) is 5.84 Å². The second-order valence-corrected chi connectivity index (χ2v) is 9.32. The van der Waals surface area contributed by atoms with E-state index in [1.807, 2.05) is 12.1 Å². The highest BCUT2D eigenvalue weighted by molar-refractivity contribution is 6.88. The number of rotatable bonds is 2. The fraction of sp³-hybridized carbons (Fsp3) is 0.300. The average molecular weight is 192 g/mol. The van der Waals surface area contributed by atoms with Crippen molar-refractivity contribution < 1.29 is 0 Å². The lowest BCUT2D eigenvalue weighted by Crippen LogP contribution is -2.37. The first kappa shape index (κ1) is 9.99. The average Bonchev–Trinajstić information content (AvgIpc) is 2.03. The van der Waals surface area contributed by atoms with Gasteiger partial charge in [-0.05, 0) is 0 Å². The molecule has 0 saturated carbocycles. The van der Waals surface area contributed by atoms with E-state index in [1.165, 1.54) is 5.19 Å². The molecule has 0 unspecified atom stereocenters. The summed E-state index contributed by atoms with van der Waals surface area (Å²) in [6, 6.07) is 8.03. The minimum atomic E-state index is -1.20. The molecule has 3 heteroatoms. The van der Waals surface area contributed by atoms with Crippen LogP contribution in [0.5, 0.6) is 0 Å². The van der Waals surface area contributed by atoms with Gasteiger partial charge in [-0.25, -0.2) is 0 Å². The number of amidine groups is 1. The zero-order valence-corrected chi connectivity index (χ0v) is 9.39. The second-order valence-electron chi connectivity index (χ2n) is 4.24. The Kier molecular flexibility index (Phi) is 2.57. The fourth-order valence-corrected chi connectivity index (χ4v) is 2.32. The number of nitrogen functional groups attached to an aromatic ring is 1. The molecular weight excluding hydrogens is 176 g/mol. The monoisotopic (exact) mass is 192 g/mol. The maximum Gasteiger partial charge on any atom is 0.122 e. The highest BCUT2D eigenvalue weighted by Crippen LogP contribution is 2.03. The molecule has 0 aliphatic heterocycles. The molecule has 3 N–H and O–H groups in total. The van der Waals surface area contributed by atoms with Gasteiger partial charge < -0.3 is 5.73 Å². The predicted molar refractivity (Wildman–Crippen MR) is 60.4 cm³/mol. The fourth-order valence-electron chi connectivity index (χ4n) is 1.15. The number of benzene rings is 1. The Morgan fingerprint density at radius 2 is 1.62 bits per heavy atom. The molecule has 0 fully saturated rings. The van der Waals surface area contributed by atoms with Crippen molar-refractivity contribution in [3.05, 3.63) is 29.8 Å². The third-order valence-corrected chi connectivity index (χ3v) is 4.13. The van der Waals surface area contributed by atoms with Crippen LogP contribution in [-0.4, -0.2) is 13.9 Å². The summed E-state index contributed by atoms with van der Waals surface area (Å²) < 4.78 is 0. The molecule has 1 rings (SSSR count). The summed E-state index contributed by atoms with van der Waals surface area (Å²) in [5.41, 5.74) is 6.17. The molecule has 0 aromatic heterocycles. The van der Waals surface area contributed by atoms with E-state index in [9.17, 15) is 0 Å². The summed E-state index contributed by atoms with van der Waals surface area (Å²) in [6.45, 7) is 6.90. The predicted octanol–water partition coefficient (Wildman–Crippen LogP) is 1.52. The standard InChI is InChI=1S/C10H16N2Si/c1-13(2,3)9-6-4-8(5-7-9)10(11)12/h4-7H,1-3H3,(H3,11,12). The maximum absolute atomic E-state index is 7.25. The topological polar surface area (TPSA) is 49.9 Å². The minimum absolute atomic E-state index is 0.141. The van der Waals surface area contributed by atoms with Crippen molar-refractivity contribution in [1.29, 1.82) is 5.41 Å². The Hall–Kier alpha value is -1.09. The molecule has 13 heavy (non-hydrogen) atoms. The molecule has 1 aromatic carbocycles. The number of nitrogens with one attached hydrogen (secondary N) is 1. The molecule has 0 bridgehead atoms. The molecule has 0 aliphatic carbocycles. The molecule has 0 spiro atoms. The molecule has 2 nitrogen and oxygen atoms in total. The molecule has 70 valence electrons. The Morgan fingerprint density at radius 1 is 1.15 bits per heavy atom. The highest BCUT2D eigenvalue weighted by atomic mass is 28.3. The zero-order valence-electron chi connectivity index (χ0n) is 8.39. The van der Waals surface area contributed by atoms with Gasteiger partial charge in [-0.2, -0.15) is 0 Å². The summed E-state index contributed by atoms with van der Waals surface area (Å²) in [7, 11) is -1.20. The first-order chi connectivity index (χ1) is 5.91. The molecule has 0 radical (unpaired) electrons. The van der Waals surface area contributed by atoms with Crippen LogP contribution < -0.4 is 10.9 Å². The van der Waals surface area contributed by atoms with Crippen LogP contribution in [-0.2, 0) is 0 Å². The van der Waals surface area contributed by atoms with Gasteiger partial charge in [-0.15, -0.1) is 0 Å². The van der Waals surface area contributed by atoms with Gasteiger partial charge in [0.1, 0.15) is 5.84 Å². The lowest BCUT2D eigenvalue weighted by molar-refractivity contribution is 1.43. The molecule has 1 aromatic rings. The van der Waals surface area contributed by atoms with Crippen LogP contribution in [0.2, 0.25) is 19.6 Å².